The van der Waals surface area contributed by atoms with Gasteiger partial charge in [-0.25, -0.2) is 0 Å². The Bertz CT molecular complexity index is 313. The van der Waals surface area contributed by atoms with Crippen LogP contribution in [0.5, 0.6) is 0 Å². The smallest absolute Gasteiger partial charge is 0.173 e. The fourth-order valence-corrected chi connectivity index (χ4v) is 3.03. The normalized spacial score (nSPS) is 12.9. The molecule has 1 aromatic rings. The van der Waals surface area contributed by atoms with E-state index in [9.17, 15) is 4.79 Å². The molecule has 0 saturated carbocycles. The zero-order chi connectivity index (χ0) is 10.7. The van der Waals surface area contributed by atoms with E-state index < -0.39 is 0 Å². The van der Waals surface area contributed by atoms with Crippen LogP contribution in [0.3, 0.4) is 0 Å². The van der Waals surface area contributed by atoms with Crippen molar-refractivity contribution in [1.29, 1.82) is 0 Å². The molecule has 0 amide bonds. The number of rotatable bonds is 4. The molecule has 0 saturated heterocycles. The van der Waals surface area contributed by atoms with E-state index in [2.05, 4.69) is 45.7 Å². The molecule has 0 spiro atoms. The van der Waals surface area contributed by atoms with Gasteiger partial charge in [-0.2, -0.15) is 0 Å². The van der Waals surface area contributed by atoms with Gasteiger partial charge in [0.05, 0.1) is 8.66 Å². The van der Waals surface area contributed by atoms with Crippen LogP contribution in [0.25, 0.3) is 0 Å². The number of thiophene rings is 1. The zero-order valence-corrected chi connectivity index (χ0v) is 12.1. The molecule has 14 heavy (non-hydrogen) atoms. The molecule has 0 aromatic carbocycles. The molecule has 1 nitrogen and oxygen atoms in total. The molecule has 0 bridgehead atoms. The van der Waals surface area contributed by atoms with E-state index in [1.54, 1.807) is 0 Å². The lowest BCUT2D eigenvalue weighted by Crippen LogP contribution is -2.03. The number of ketones is 1. The summed E-state index contributed by atoms with van der Waals surface area (Å²) in [6.07, 6.45) is 1.70. The Balaban J connectivity index is 2.70. The third kappa shape index (κ3) is 3.17. The largest absolute Gasteiger partial charge is 0.293 e. The first-order valence-electron chi connectivity index (χ1n) is 4.52. The van der Waals surface area contributed by atoms with Crippen LogP contribution in [0.2, 0.25) is 0 Å². The fraction of sp³-hybridized carbons (Fsp3) is 0.500. The number of halogens is 2. The highest BCUT2D eigenvalue weighted by atomic mass is 79.9. The lowest BCUT2D eigenvalue weighted by molar-refractivity contribution is 0.0967. The van der Waals surface area contributed by atoms with Crippen molar-refractivity contribution >= 4 is 49.0 Å². The highest BCUT2D eigenvalue weighted by Gasteiger charge is 2.14. The number of Topliss-reactive ketones (excluding diaryl/α,β-unsaturated/α-hetero) is 1. The summed E-state index contributed by atoms with van der Waals surface area (Å²) in [5.74, 6) is 0.720. The summed E-state index contributed by atoms with van der Waals surface area (Å²) in [5.41, 5.74) is 0. The quantitative estimate of drug-likeness (QED) is 0.713. The molecule has 1 unspecified atom stereocenters. The van der Waals surface area contributed by atoms with Gasteiger partial charge in [0.15, 0.2) is 5.78 Å². The molecule has 0 radical (unpaired) electrons. The van der Waals surface area contributed by atoms with Crippen molar-refractivity contribution in [2.75, 3.05) is 0 Å². The van der Waals surface area contributed by atoms with Crippen LogP contribution >= 0.6 is 43.2 Å². The van der Waals surface area contributed by atoms with Gasteiger partial charge in [0.2, 0.25) is 0 Å². The minimum absolute atomic E-state index is 0.246. The molecule has 78 valence electrons. The molecule has 1 atom stereocenters. The molecular weight excluding hydrogens is 328 g/mol. The van der Waals surface area contributed by atoms with Gasteiger partial charge in [-0.15, -0.1) is 11.3 Å². The number of hydrogen-bond acceptors (Lipinski definition) is 2. The number of carbonyl (C=O) groups excluding carboxylic acids is 1. The van der Waals surface area contributed by atoms with Crippen molar-refractivity contribution in [2.45, 2.75) is 26.7 Å². The molecular formula is C10H12Br2OS. The fourth-order valence-electron chi connectivity index (χ4n) is 1.05. The maximum atomic E-state index is 11.7. The van der Waals surface area contributed by atoms with E-state index in [-0.39, 0.29) is 5.78 Å². The molecule has 1 heterocycles. The van der Waals surface area contributed by atoms with Gasteiger partial charge in [-0.05, 0) is 43.8 Å². The van der Waals surface area contributed by atoms with E-state index in [0.717, 1.165) is 19.6 Å². The minimum Gasteiger partial charge on any atom is -0.293 e. The van der Waals surface area contributed by atoms with Gasteiger partial charge in [0, 0.05) is 10.9 Å². The third-order valence-corrected chi connectivity index (χ3v) is 5.45. The van der Waals surface area contributed by atoms with Crippen molar-refractivity contribution < 1.29 is 4.79 Å². The van der Waals surface area contributed by atoms with Gasteiger partial charge in [0.25, 0.3) is 0 Å². The third-order valence-electron chi connectivity index (χ3n) is 2.15. The van der Waals surface area contributed by atoms with Crippen LogP contribution in [0.1, 0.15) is 36.4 Å². The lowest BCUT2D eigenvalue weighted by Gasteiger charge is -2.04. The first-order chi connectivity index (χ1) is 6.54. The van der Waals surface area contributed by atoms with E-state index in [0.29, 0.717) is 12.3 Å². The van der Waals surface area contributed by atoms with Crippen LogP contribution in [0.15, 0.2) is 14.3 Å². The molecule has 4 heteroatoms. The molecule has 1 rings (SSSR count). The standard InChI is InChI=1S/C10H12Br2OS/c1-3-6(2)4-8(13)9-5-7(11)10(12)14-9/h5-6H,3-4H2,1-2H3. The topological polar surface area (TPSA) is 17.1 Å². The van der Waals surface area contributed by atoms with Gasteiger partial charge in [-0.3, -0.25) is 4.79 Å². The van der Waals surface area contributed by atoms with Crippen molar-refractivity contribution in [3.63, 3.8) is 0 Å². The van der Waals surface area contributed by atoms with E-state index in [4.69, 9.17) is 0 Å². The Hall–Kier alpha value is 0.330. The first kappa shape index (κ1) is 12.4. The van der Waals surface area contributed by atoms with Crippen LogP contribution in [0, 0.1) is 5.92 Å². The Morgan fingerprint density at radius 1 is 1.57 bits per heavy atom. The predicted octanol–water partition coefficient (Wildman–Crippen LogP) is 4.89. The average Bonchev–Trinajstić information content (AvgIpc) is 2.47. The second-order valence-electron chi connectivity index (χ2n) is 3.37. The summed E-state index contributed by atoms with van der Waals surface area (Å²) in [7, 11) is 0. The SMILES string of the molecule is CCC(C)CC(=O)c1cc(Br)c(Br)s1. The molecule has 0 aliphatic heterocycles. The molecule has 0 aliphatic carbocycles. The zero-order valence-electron chi connectivity index (χ0n) is 8.14. The van der Waals surface area contributed by atoms with Crippen molar-refractivity contribution in [1.82, 2.24) is 0 Å². The Labute approximate surface area is 105 Å². The van der Waals surface area contributed by atoms with E-state index in [1.807, 2.05) is 6.07 Å². The highest BCUT2D eigenvalue weighted by molar-refractivity contribution is 9.13. The molecule has 0 N–H and O–H groups in total. The van der Waals surface area contributed by atoms with Gasteiger partial charge in [-0.1, -0.05) is 20.3 Å². The maximum Gasteiger partial charge on any atom is 0.173 e. The summed E-state index contributed by atoms with van der Waals surface area (Å²) in [6, 6.07) is 1.89. The Morgan fingerprint density at radius 3 is 2.64 bits per heavy atom. The molecule has 1 aromatic heterocycles. The second kappa shape index (κ2) is 5.42. The van der Waals surface area contributed by atoms with E-state index in [1.165, 1.54) is 11.3 Å². The summed E-state index contributed by atoms with van der Waals surface area (Å²) < 4.78 is 1.96. The summed E-state index contributed by atoms with van der Waals surface area (Å²) >= 11 is 8.26. The predicted molar refractivity (Wildman–Crippen MR) is 68.1 cm³/mol. The molecule has 0 aliphatic rings. The second-order valence-corrected chi connectivity index (χ2v) is 6.60. The van der Waals surface area contributed by atoms with Crippen molar-refractivity contribution in [3.05, 3.63) is 19.2 Å². The van der Waals surface area contributed by atoms with Crippen LogP contribution in [-0.4, -0.2) is 5.78 Å². The highest BCUT2D eigenvalue weighted by Crippen LogP contribution is 2.33. The van der Waals surface area contributed by atoms with Crippen LogP contribution in [-0.2, 0) is 0 Å². The minimum atomic E-state index is 0.246. The summed E-state index contributed by atoms with van der Waals surface area (Å²) in [4.78, 5) is 12.6. The Morgan fingerprint density at radius 2 is 2.21 bits per heavy atom. The van der Waals surface area contributed by atoms with E-state index >= 15 is 0 Å². The van der Waals surface area contributed by atoms with Crippen LogP contribution < -0.4 is 0 Å². The Kier molecular flexibility index (Phi) is 4.80. The number of carbonyl (C=O) groups is 1. The van der Waals surface area contributed by atoms with Gasteiger partial charge < -0.3 is 0 Å². The first-order valence-corrected chi connectivity index (χ1v) is 6.92. The number of hydrogen-bond donors (Lipinski definition) is 0. The average molecular weight is 340 g/mol. The maximum absolute atomic E-state index is 11.7. The van der Waals surface area contributed by atoms with Crippen molar-refractivity contribution in [2.24, 2.45) is 5.92 Å². The van der Waals surface area contributed by atoms with Crippen molar-refractivity contribution in [3.8, 4) is 0 Å². The molecule has 0 fully saturated rings. The summed E-state index contributed by atoms with van der Waals surface area (Å²) in [5, 5.41) is 0. The summed E-state index contributed by atoms with van der Waals surface area (Å²) in [6.45, 7) is 4.22. The van der Waals surface area contributed by atoms with Gasteiger partial charge in [0.1, 0.15) is 0 Å². The van der Waals surface area contributed by atoms with Crippen LogP contribution in [0.4, 0.5) is 0 Å². The monoisotopic (exact) mass is 338 g/mol. The lowest BCUT2D eigenvalue weighted by atomic mass is 10.0. The van der Waals surface area contributed by atoms with Gasteiger partial charge >= 0.3 is 0 Å².